The molecule has 1 heterocycles. The summed E-state index contributed by atoms with van der Waals surface area (Å²) in [5.41, 5.74) is 0.153. The third-order valence-electron chi connectivity index (χ3n) is 1.29. The van der Waals surface area contributed by atoms with E-state index in [2.05, 4.69) is 9.97 Å². The molecule has 0 saturated carbocycles. The Bertz CT molecular complexity index is 455. The monoisotopic (exact) mass is 232 g/mol. The zero-order valence-electron chi connectivity index (χ0n) is 7.41. The van der Waals surface area contributed by atoms with Crippen molar-refractivity contribution in [3.63, 3.8) is 0 Å². The number of rotatable bonds is 3. The zero-order valence-corrected chi connectivity index (χ0v) is 8.23. The van der Waals surface area contributed by atoms with Crippen molar-refractivity contribution < 1.29 is 18.3 Å². The van der Waals surface area contributed by atoms with Crippen LogP contribution in [0, 0.1) is 0 Å². The topological polar surface area (TPSA) is 135 Å². The fourth-order valence-corrected chi connectivity index (χ4v) is 1.31. The van der Waals surface area contributed by atoms with E-state index in [0.29, 0.717) is 0 Å². The summed E-state index contributed by atoms with van der Waals surface area (Å²) < 4.78 is 21.3. The minimum absolute atomic E-state index is 0.00781. The smallest absolute Gasteiger partial charge is 0.409 e. The Morgan fingerprint density at radius 2 is 2.00 bits per heavy atom. The van der Waals surface area contributed by atoms with Crippen LogP contribution >= 0.6 is 0 Å². The van der Waals surface area contributed by atoms with Crippen molar-refractivity contribution in [1.29, 1.82) is 0 Å². The molecule has 0 aliphatic heterocycles. The minimum Gasteiger partial charge on any atom is -0.465 e. The maximum atomic E-state index is 10.7. The van der Waals surface area contributed by atoms with Gasteiger partial charge in [0.15, 0.2) is 0 Å². The number of nitrogens with two attached hydrogens (primary N) is 1. The van der Waals surface area contributed by atoms with Gasteiger partial charge in [0.2, 0.25) is 10.0 Å². The largest absolute Gasteiger partial charge is 0.465 e. The van der Waals surface area contributed by atoms with Crippen molar-refractivity contribution in [3.8, 4) is 0 Å². The van der Waals surface area contributed by atoms with Crippen LogP contribution in [-0.4, -0.2) is 29.6 Å². The molecule has 1 aromatic rings. The quantitative estimate of drug-likeness (QED) is 0.633. The molecule has 0 atom stereocenters. The molecule has 1 amide bonds. The van der Waals surface area contributed by atoms with E-state index in [1.54, 1.807) is 0 Å². The highest BCUT2D eigenvalue weighted by atomic mass is 32.2. The Morgan fingerprint density at radius 1 is 1.47 bits per heavy atom. The van der Waals surface area contributed by atoms with Crippen molar-refractivity contribution in [2.24, 2.45) is 5.14 Å². The number of hydrogen-bond donors (Lipinski definition) is 3. The van der Waals surface area contributed by atoms with Gasteiger partial charge in [0, 0.05) is 0 Å². The van der Waals surface area contributed by atoms with Crippen molar-refractivity contribution in [2.75, 3.05) is 5.32 Å². The van der Waals surface area contributed by atoms with E-state index in [9.17, 15) is 13.2 Å². The maximum absolute atomic E-state index is 10.7. The van der Waals surface area contributed by atoms with Crippen molar-refractivity contribution >= 4 is 21.8 Å². The molecule has 0 spiro atoms. The molecule has 82 valence electrons. The molecule has 0 fully saturated rings. The highest BCUT2D eigenvalue weighted by molar-refractivity contribution is 7.88. The van der Waals surface area contributed by atoms with Gasteiger partial charge in [-0.2, -0.15) is 0 Å². The molecule has 0 unspecified atom stereocenters. The van der Waals surface area contributed by atoms with Crippen molar-refractivity contribution in [3.05, 3.63) is 18.2 Å². The molecular weight excluding hydrogens is 224 g/mol. The Morgan fingerprint density at radius 3 is 2.40 bits per heavy atom. The lowest BCUT2D eigenvalue weighted by molar-refractivity contribution is 0.209. The van der Waals surface area contributed by atoms with E-state index in [-0.39, 0.29) is 11.5 Å². The normalized spacial score (nSPS) is 11.0. The van der Waals surface area contributed by atoms with E-state index < -0.39 is 21.9 Å². The van der Waals surface area contributed by atoms with Crippen LogP contribution in [-0.2, 0) is 15.8 Å². The molecular formula is C6H8N4O4S. The lowest BCUT2D eigenvalue weighted by Crippen LogP contribution is -2.16. The molecule has 4 N–H and O–H groups in total. The Hall–Kier alpha value is -1.74. The number of nitrogens with zero attached hydrogens (tertiary/aromatic N) is 2. The molecule has 9 heteroatoms. The highest BCUT2D eigenvalue weighted by Crippen LogP contribution is 2.03. The lowest BCUT2D eigenvalue weighted by Gasteiger charge is -2.00. The fraction of sp³-hybridized carbons (Fsp3) is 0.167. The standard InChI is InChI=1S/C6H8N4O4S/c7-15(13,14)3-5-8-1-4(2-9-5)10-6(11)12/h1-2,10H,3H2,(H,11,12)(H2,7,13,14). The van der Waals surface area contributed by atoms with Gasteiger partial charge in [-0.3, -0.25) is 5.32 Å². The van der Waals surface area contributed by atoms with Gasteiger partial charge in [-0.1, -0.05) is 0 Å². The Labute approximate surface area is 85.2 Å². The second-order valence-corrected chi connectivity index (χ2v) is 4.24. The zero-order chi connectivity index (χ0) is 11.5. The number of nitrogens with one attached hydrogen (secondary N) is 1. The van der Waals surface area contributed by atoms with Gasteiger partial charge in [-0.25, -0.2) is 28.3 Å². The van der Waals surface area contributed by atoms with Crippen LogP contribution in [0.3, 0.4) is 0 Å². The van der Waals surface area contributed by atoms with E-state index in [1.165, 1.54) is 0 Å². The fourth-order valence-electron chi connectivity index (χ4n) is 0.797. The van der Waals surface area contributed by atoms with Gasteiger partial charge < -0.3 is 5.11 Å². The molecule has 1 rings (SSSR count). The molecule has 0 bridgehead atoms. The maximum Gasteiger partial charge on any atom is 0.409 e. The second kappa shape index (κ2) is 4.19. The summed E-state index contributed by atoms with van der Waals surface area (Å²) in [6.45, 7) is 0. The van der Waals surface area contributed by atoms with Crippen molar-refractivity contribution in [1.82, 2.24) is 9.97 Å². The van der Waals surface area contributed by atoms with Crippen LogP contribution in [0.1, 0.15) is 5.82 Å². The third kappa shape index (κ3) is 4.33. The molecule has 0 aromatic carbocycles. The van der Waals surface area contributed by atoms with E-state index >= 15 is 0 Å². The molecule has 8 nitrogen and oxygen atoms in total. The summed E-state index contributed by atoms with van der Waals surface area (Å²) in [6, 6.07) is 0. The van der Waals surface area contributed by atoms with Crippen LogP contribution < -0.4 is 10.5 Å². The van der Waals surface area contributed by atoms with E-state index in [1.807, 2.05) is 5.32 Å². The summed E-state index contributed by atoms with van der Waals surface area (Å²) in [5.74, 6) is -0.478. The van der Waals surface area contributed by atoms with Crippen LogP contribution in [0.2, 0.25) is 0 Å². The van der Waals surface area contributed by atoms with Gasteiger partial charge in [-0.05, 0) is 0 Å². The predicted molar refractivity (Wildman–Crippen MR) is 50.5 cm³/mol. The highest BCUT2D eigenvalue weighted by Gasteiger charge is 2.07. The van der Waals surface area contributed by atoms with Gasteiger partial charge in [0.25, 0.3) is 0 Å². The van der Waals surface area contributed by atoms with Crippen LogP contribution in [0.15, 0.2) is 12.4 Å². The number of amides is 1. The van der Waals surface area contributed by atoms with Gasteiger partial charge in [0.1, 0.15) is 11.6 Å². The van der Waals surface area contributed by atoms with E-state index in [0.717, 1.165) is 12.4 Å². The molecule has 0 radical (unpaired) electrons. The number of aromatic nitrogens is 2. The number of primary sulfonamides is 1. The number of sulfonamides is 1. The second-order valence-electron chi connectivity index (χ2n) is 2.63. The van der Waals surface area contributed by atoms with Gasteiger partial charge in [0.05, 0.1) is 18.1 Å². The number of hydrogen-bond acceptors (Lipinski definition) is 5. The summed E-state index contributed by atoms with van der Waals surface area (Å²) in [5, 5.41) is 15.1. The SMILES string of the molecule is NS(=O)(=O)Cc1ncc(NC(=O)O)cn1. The summed E-state index contributed by atoms with van der Waals surface area (Å²) in [4.78, 5) is 17.4. The van der Waals surface area contributed by atoms with Crippen LogP contribution in [0.25, 0.3) is 0 Å². The third-order valence-corrected chi connectivity index (χ3v) is 1.95. The molecule has 0 aliphatic rings. The lowest BCUT2D eigenvalue weighted by atomic mass is 10.5. The number of carbonyl (C=O) groups is 1. The first kappa shape index (κ1) is 11.3. The van der Waals surface area contributed by atoms with Crippen LogP contribution in [0.5, 0.6) is 0 Å². The Kier molecular flexibility index (Phi) is 3.17. The average Bonchev–Trinajstić information content (AvgIpc) is 2.05. The minimum atomic E-state index is -3.67. The summed E-state index contributed by atoms with van der Waals surface area (Å²) >= 11 is 0. The summed E-state index contributed by atoms with van der Waals surface area (Å²) in [7, 11) is -3.67. The molecule has 1 aromatic heterocycles. The van der Waals surface area contributed by atoms with Crippen molar-refractivity contribution in [2.45, 2.75) is 5.75 Å². The number of anilines is 1. The van der Waals surface area contributed by atoms with E-state index in [4.69, 9.17) is 10.2 Å². The first-order chi connectivity index (χ1) is 6.87. The van der Waals surface area contributed by atoms with Gasteiger partial charge >= 0.3 is 6.09 Å². The van der Waals surface area contributed by atoms with Gasteiger partial charge in [-0.15, -0.1) is 0 Å². The average molecular weight is 232 g/mol. The first-order valence-corrected chi connectivity index (χ1v) is 5.40. The predicted octanol–water partition coefficient (Wildman–Crippen LogP) is -0.645. The van der Waals surface area contributed by atoms with Crippen LogP contribution in [0.4, 0.5) is 10.5 Å². The molecule has 15 heavy (non-hydrogen) atoms. The summed E-state index contributed by atoms with van der Waals surface area (Å²) in [6.07, 6.45) is 1.06. The molecule has 0 saturated heterocycles. The first-order valence-electron chi connectivity index (χ1n) is 3.68. The number of carboxylic acid groups (broad SMARTS) is 1. The molecule has 0 aliphatic carbocycles. The Balaban J connectivity index is 2.77.